The lowest BCUT2D eigenvalue weighted by Gasteiger charge is -2.15. The number of methoxy groups -OCH3 is 2. The van der Waals surface area contributed by atoms with Gasteiger partial charge in [0.2, 0.25) is 5.91 Å². The highest BCUT2D eigenvalue weighted by Crippen LogP contribution is 2.29. The molecule has 0 bridgehead atoms. The Labute approximate surface area is 129 Å². The van der Waals surface area contributed by atoms with Crippen LogP contribution >= 0.6 is 0 Å². The maximum Gasteiger partial charge on any atom is 0.321 e. The Kier molecular flexibility index (Phi) is 7.18. The van der Waals surface area contributed by atoms with Gasteiger partial charge in [-0.2, -0.15) is 0 Å². The molecule has 0 saturated carbocycles. The van der Waals surface area contributed by atoms with Gasteiger partial charge in [-0.25, -0.2) is 0 Å². The zero-order valence-corrected chi connectivity index (χ0v) is 13.0. The summed E-state index contributed by atoms with van der Waals surface area (Å²) in [7, 11) is 3.01. The van der Waals surface area contributed by atoms with Crippen LogP contribution in [0.2, 0.25) is 0 Å². The zero-order chi connectivity index (χ0) is 16.5. The van der Waals surface area contributed by atoms with Crippen molar-refractivity contribution >= 4 is 17.6 Å². The van der Waals surface area contributed by atoms with Gasteiger partial charge in [0.1, 0.15) is 17.5 Å². The van der Waals surface area contributed by atoms with Gasteiger partial charge < -0.3 is 25.2 Å². The standard InChI is InChI=1S/C15H22N2O5/c1-4-7-16-12(15(19)20)9-14(18)17-11-6-5-10(21-2)8-13(11)22-3/h5-6,8,12,16H,4,7,9H2,1-3H3,(H,17,18)(H,19,20). The third kappa shape index (κ3) is 5.25. The molecule has 1 unspecified atom stereocenters. The first kappa shape index (κ1) is 17.8. The molecule has 0 aliphatic rings. The van der Waals surface area contributed by atoms with E-state index in [1.165, 1.54) is 14.2 Å². The summed E-state index contributed by atoms with van der Waals surface area (Å²) < 4.78 is 10.3. The van der Waals surface area contributed by atoms with Crippen molar-refractivity contribution in [3.05, 3.63) is 18.2 Å². The smallest absolute Gasteiger partial charge is 0.321 e. The van der Waals surface area contributed by atoms with Gasteiger partial charge >= 0.3 is 5.97 Å². The summed E-state index contributed by atoms with van der Waals surface area (Å²) in [6, 6.07) is 4.05. The van der Waals surface area contributed by atoms with Crippen molar-refractivity contribution in [2.24, 2.45) is 0 Å². The van der Waals surface area contributed by atoms with Gasteiger partial charge in [-0.1, -0.05) is 6.92 Å². The first-order chi connectivity index (χ1) is 10.5. The molecule has 1 aromatic carbocycles. The van der Waals surface area contributed by atoms with E-state index in [1.54, 1.807) is 18.2 Å². The van der Waals surface area contributed by atoms with E-state index in [-0.39, 0.29) is 6.42 Å². The molecule has 1 rings (SSSR count). The Bertz CT molecular complexity index is 519. The molecule has 22 heavy (non-hydrogen) atoms. The molecular weight excluding hydrogens is 288 g/mol. The Hall–Kier alpha value is -2.28. The fraction of sp³-hybridized carbons (Fsp3) is 0.467. The Balaban J connectivity index is 2.73. The van der Waals surface area contributed by atoms with E-state index in [9.17, 15) is 9.59 Å². The molecule has 0 fully saturated rings. The monoisotopic (exact) mass is 310 g/mol. The number of benzene rings is 1. The molecule has 122 valence electrons. The van der Waals surface area contributed by atoms with Gasteiger partial charge in [-0.05, 0) is 25.1 Å². The summed E-state index contributed by atoms with van der Waals surface area (Å²) in [4.78, 5) is 23.1. The van der Waals surface area contributed by atoms with Gasteiger partial charge in [0.25, 0.3) is 0 Å². The first-order valence-electron chi connectivity index (χ1n) is 6.99. The number of nitrogens with one attached hydrogen (secondary N) is 2. The topological polar surface area (TPSA) is 96.9 Å². The predicted molar refractivity (Wildman–Crippen MR) is 82.5 cm³/mol. The van der Waals surface area contributed by atoms with Crippen molar-refractivity contribution in [3.8, 4) is 11.5 Å². The zero-order valence-electron chi connectivity index (χ0n) is 13.0. The number of anilines is 1. The lowest BCUT2D eigenvalue weighted by Crippen LogP contribution is -2.40. The number of carboxylic acids is 1. The number of ether oxygens (including phenoxy) is 2. The van der Waals surface area contributed by atoms with E-state index in [0.717, 1.165) is 6.42 Å². The minimum absolute atomic E-state index is 0.162. The maximum absolute atomic E-state index is 12.0. The van der Waals surface area contributed by atoms with Crippen LogP contribution in [0, 0.1) is 0 Å². The number of aliphatic carboxylic acids is 1. The van der Waals surface area contributed by atoms with Crippen LogP contribution in [0.1, 0.15) is 19.8 Å². The average Bonchev–Trinajstić information content (AvgIpc) is 2.51. The van der Waals surface area contributed by atoms with Crippen molar-refractivity contribution in [2.75, 3.05) is 26.1 Å². The SMILES string of the molecule is CCCNC(CC(=O)Nc1ccc(OC)cc1OC)C(=O)O. The number of carbonyl (C=O) groups excluding carboxylic acids is 1. The lowest BCUT2D eigenvalue weighted by atomic mass is 10.2. The molecule has 1 amide bonds. The summed E-state index contributed by atoms with van der Waals surface area (Å²) in [5.41, 5.74) is 0.466. The van der Waals surface area contributed by atoms with Crippen molar-refractivity contribution < 1.29 is 24.2 Å². The molecule has 3 N–H and O–H groups in total. The Morgan fingerprint density at radius 1 is 1.27 bits per heavy atom. The van der Waals surface area contributed by atoms with Crippen LogP contribution < -0.4 is 20.1 Å². The first-order valence-corrected chi connectivity index (χ1v) is 6.99. The minimum Gasteiger partial charge on any atom is -0.497 e. The van der Waals surface area contributed by atoms with Crippen LogP contribution in [0.4, 0.5) is 5.69 Å². The molecule has 0 saturated heterocycles. The van der Waals surface area contributed by atoms with Crippen LogP contribution in [0.25, 0.3) is 0 Å². The van der Waals surface area contributed by atoms with Crippen LogP contribution in [0.3, 0.4) is 0 Å². The second-order valence-corrected chi connectivity index (χ2v) is 4.66. The molecule has 0 aliphatic heterocycles. The van der Waals surface area contributed by atoms with E-state index in [0.29, 0.717) is 23.7 Å². The molecule has 1 atom stereocenters. The van der Waals surface area contributed by atoms with Crippen molar-refractivity contribution in [1.82, 2.24) is 5.32 Å². The van der Waals surface area contributed by atoms with Gasteiger partial charge in [0.15, 0.2) is 0 Å². The molecule has 1 aromatic rings. The Morgan fingerprint density at radius 2 is 2.00 bits per heavy atom. The normalized spacial score (nSPS) is 11.6. The molecular formula is C15H22N2O5. The average molecular weight is 310 g/mol. The van der Waals surface area contributed by atoms with Gasteiger partial charge in [-0.15, -0.1) is 0 Å². The summed E-state index contributed by atoms with van der Waals surface area (Å²) >= 11 is 0. The number of carbonyl (C=O) groups is 2. The number of amides is 1. The van der Waals surface area contributed by atoms with Crippen LogP contribution in [0.15, 0.2) is 18.2 Å². The molecule has 0 aliphatic carbocycles. The highest BCUT2D eigenvalue weighted by molar-refractivity contribution is 5.95. The maximum atomic E-state index is 12.0. The van der Waals surface area contributed by atoms with E-state index in [4.69, 9.17) is 14.6 Å². The highest BCUT2D eigenvalue weighted by atomic mass is 16.5. The van der Waals surface area contributed by atoms with Crippen LogP contribution in [-0.4, -0.2) is 43.8 Å². The third-order valence-electron chi connectivity index (χ3n) is 3.01. The van der Waals surface area contributed by atoms with E-state index in [2.05, 4.69) is 10.6 Å². The third-order valence-corrected chi connectivity index (χ3v) is 3.01. The summed E-state index contributed by atoms with van der Waals surface area (Å²) in [5, 5.41) is 14.6. The molecule has 0 radical (unpaired) electrons. The van der Waals surface area contributed by atoms with Gasteiger partial charge in [-0.3, -0.25) is 9.59 Å². The lowest BCUT2D eigenvalue weighted by molar-refractivity contribution is -0.141. The van der Waals surface area contributed by atoms with Crippen LogP contribution in [0.5, 0.6) is 11.5 Å². The number of hydrogen-bond acceptors (Lipinski definition) is 5. The fourth-order valence-electron chi connectivity index (χ4n) is 1.85. The van der Waals surface area contributed by atoms with Crippen molar-refractivity contribution in [1.29, 1.82) is 0 Å². The minimum atomic E-state index is -1.05. The molecule has 0 spiro atoms. The fourth-order valence-corrected chi connectivity index (χ4v) is 1.85. The van der Waals surface area contributed by atoms with Gasteiger partial charge in [0, 0.05) is 6.07 Å². The molecule has 0 aromatic heterocycles. The number of rotatable bonds is 9. The summed E-state index contributed by atoms with van der Waals surface area (Å²) in [6.45, 7) is 2.46. The summed E-state index contributed by atoms with van der Waals surface area (Å²) in [6.07, 6.45) is 0.627. The predicted octanol–water partition coefficient (Wildman–Crippen LogP) is 1.49. The van der Waals surface area contributed by atoms with E-state index >= 15 is 0 Å². The largest absolute Gasteiger partial charge is 0.497 e. The second-order valence-electron chi connectivity index (χ2n) is 4.66. The van der Waals surface area contributed by atoms with E-state index in [1.807, 2.05) is 6.92 Å². The molecule has 7 heteroatoms. The van der Waals surface area contributed by atoms with E-state index < -0.39 is 17.9 Å². The quantitative estimate of drug-likeness (QED) is 0.639. The molecule has 0 heterocycles. The Morgan fingerprint density at radius 3 is 2.55 bits per heavy atom. The number of hydrogen-bond donors (Lipinski definition) is 3. The number of carboxylic acid groups (broad SMARTS) is 1. The highest BCUT2D eigenvalue weighted by Gasteiger charge is 2.21. The van der Waals surface area contributed by atoms with Gasteiger partial charge in [0.05, 0.1) is 26.3 Å². The van der Waals surface area contributed by atoms with Crippen LogP contribution in [-0.2, 0) is 9.59 Å². The summed E-state index contributed by atoms with van der Waals surface area (Å²) in [5.74, 6) is -0.409. The van der Waals surface area contributed by atoms with Crippen molar-refractivity contribution in [3.63, 3.8) is 0 Å². The molecule has 7 nitrogen and oxygen atoms in total. The second kappa shape index (κ2) is 8.89. The van der Waals surface area contributed by atoms with Crippen molar-refractivity contribution in [2.45, 2.75) is 25.8 Å².